The van der Waals surface area contributed by atoms with Crippen molar-refractivity contribution in [2.24, 2.45) is 0 Å². The van der Waals surface area contributed by atoms with Gasteiger partial charge in [-0.3, -0.25) is 9.59 Å². The summed E-state index contributed by atoms with van der Waals surface area (Å²) in [7, 11) is 0. The van der Waals surface area contributed by atoms with E-state index in [1.165, 1.54) is 0 Å². The van der Waals surface area contributed by atoms with Gasteiger partial charge >= 0.3 is 6.09 Å². The maximum atomic E-state index is 12.2. The Morgan fingerprint density at radius 2 is 1.71 bits per heavy atom. The van der Waals surface area contributed by atoms with E-state index < -0.39 is 0 Å². The molecule has 1 atom stereocenters. The zero-order chi connectivity index (χ0) is 17.9. The van der Waals surface area contributed by atoms with Crippen molar-refractivity contribution in [2.75, 3.05) is 45.9 Å². The van der Waals surface area contributed by atoms with Crippen molar-refractivity contribution >= 4 is 17.9 Å². The second-order valence-electron chi connectivity index (χ2n) is 5.94. The van der Waals surface area contributed by atoms with Gasteiger partial charge in [0.15, 0.2) is 13.1 Å². The van der Waals surface area contributed by atoms with Crippen LogP contribution in [0.5, 0.6) is 0 Å². The summed E-state index contributed by atoms with van der Waals surface area (Å²) in [5.74, 6) is -0.0874. The van der Waals surface area contributed by atoms with E-state index in [-0.39, 0.29) is 30.5 Å². The van der Waals surface area contributed by atoms with Gasteiger partial charge in [0.2, 0.25) is 0 Å². The number of amides is 3. The van der Waals surface area contributed by atoms with Crippen molar-refractivity contribution in [3.8, 4) is 0 Å². The third-order valence-electron chi connectivity index (χ3n) is 4.08. The third-order valence-corrected chi connectivity index (χ3v) is 4.08. The molecule has 1 heterocycles. The van der Waals surface area contributed by atoms with E-state index >= 15 is 0 Å². The monoisotopic (exact) mass is 343 g/mol. The van der Waals surface area contributed by atoms with Gasteiger partial charge in [0.05, 0.1) is 13.2 Å². The molecule has 1 saturated heterocycles. The Morgan fingerprint density at radius 3 is 2.25 bits per heavy atom. The minimum atomic E-state index is -0.286. The molecule has 8 nitrogen and oxygen atoms in total. The van der Waals surface area contributed by atoms with Gasteiger partial charge in [-0.25, -0.2) is 4.79 Å². The molecule has 0 bridgehead atoms. The second kappa shape index (κ2) is 10.9. The molecular weight excluding hydrogens is 312 g/mol. The zero-order valence-corrected chi connectivity index (χ0v) is 15.0. The number of carbonyl (C=O) groups excluding carboxylic acids is 3. The molecule has 0 aromatic heterocycles. The standard InChI is InChI=1S/C16H30N4O4/c1-4-17-14(21)11-19(5-2)12-15(22)18-13-7-9-20(10-8-13)16(23)24-6-3/h13H,4-12H2,1-3H3,(H,17,21)(H,18,22)/p+1. The summed E-state index contributed by atoms with van der Waals surface area (Å²) in [4.78, 5) is 38.0. The van der Waals surface area contributed by atoms with Gasteiger partial charge in [0, 0.05) is 25.7 Å². The first-order valence-corrected chi connectivity index (χ1v) is 8.81. The lowest BCUT2D eigenvalue weighted by molar-refractivity contribution is -0.881. The summed E-state index contributed by atoms with van der Waals surface area (Å²) in [6.45, 7) is 9.07. The number of ether oxygens (including phenoxy) is 1. The Labute approximate surface area is 143 Å². The fraction of sp³-hybridized carbons (Fsp3) is 0.812. The number of piperidine rings is 1. The van der Waals surface area contributed by atoms with Gasteiger partial charge in [0.25, 0.3) is 11.8 Å². The highest BCUT2D eigenvalue weighted by Crippen LogP contribution is 2.11. The van der Waals surface area contributed by atoms with E-state index in [1.54, 1.807) is 11.8 Å². The van der Waals surface area contributed by atoms with E-state index in [2.05, 4.69) is 10.6 Å². The van der Waals surface area contributed by atoms with Gasteiger partial charge in [-0.05, 0) is 33.6 Å². The number of likely N-dealkylation sites (tertiary alicyclic amines) is 1. The number of nitrogens with zero attached hydrogens (tertiary/aromatic N) is 1. The van der Waals surface area contributed by atoms with Crippen LogP contribution < -0.4 is 15.5 Å². The van der Waals surface area contributed by atoms with E-state index in [9.17, 15) is 14.4 Å². The van der Waals surface area contributed by atoms with Crippen LogP contribution in [0.3, 0.4) is 0 Å². The van der Waals surface area contributed by atoms with E-state index in [4.69, 9.17) is 4.74 Å². The van der Waals surface area contributed by atoms with Crippen LogP contribution in [0.4, 0.5) is 4.79 Å². The maximum absolute atomic E-state index is 12.2. The number of hydrogen-bond donors (Lipinski definition) is 3. The van der Waals surface area contributed by atoms with Crippen molar-refractivity contribution in [2.45, 2.75) is 39.7 Å². The second-order valence-corrected chi connectivity index (χ2v) is 5.94. The molecule has 3 amide bonds. The minimum Gasteiger partial charge on any atom is -0.450 e. The highest BCUT2D eigenvalue weighted by Gasteiger charge is 2.25. The number of likely N-dealkylation sites (N-methyl/N-ethyl adjacent to an activating group) is 2. The number of nitrogens with one attached hydrogen (secondary N) is 3. The molecule has 138 valence electrons. The molecule has 0 saturated carbocycles. The Hall–Kier alpha value is -1.83. The predicted molar refractivity (Wildman–Crippen MR) is 89.7 cm³/mol. The van der Waals surface area contributed by atoms with Crippen LogP contribution >= 0.6 is 0 Å². The molecule has 0 aliphatic carbocycles. The molecule has 8 heteroatoms. The minimum absolute atomic E-state index is 0.0371. The summed E-state index contributed by atoms with van der Waals surface area (Å²) in [6, 6.07) is 0.0748. The Kier molecular flexibility index (Phi) is 9.14. The SMILES string of the molecule is CCNC(=O)C[NH+](CC)CC(=O)NC1CCN(C(=O)OCC)CC1. The normalized spacial score (nSPS) is 16.4. The van der Waals surface area contributed by atoms with Crippen LogP contribution in [-0.2, 0) is 14.3 Å². The Balaban J connectivity index is 2.32. The number of hydrogen-bond acceptors (Lipinski definition) is 4. The molecule has 1 aliphatic rings. The molecule has 1 rings (SSSR count). The molecule has 1 unspecified atom stereocenters. The lowest BCUT2D eigenvalue weighted by atomic mass is 10.1. The quantitative estimate of drug-likeness (QED) is 0.514. The van der Waals surface area contributed by atoms with Crippen LogP contribution in [0.2, 0.25) is 0 Å². The first-order valence-electron chi connectivity index (χ1n) is 8.81. The fourth-order valence-electron chi connectivity index (χ4n) is 2.73. The fourth-order valence-corrected chi connectivity index (χ4v) is 2.73. The summed E-state index contributed by atoms with van der Waals surface area (Å²) in [6.07, 6.45) is 1.16. The average Bonchev–Trinajstić information content (AvgIpc) is 2.55. The molecule has 0 aromatic carbocycles. The highest BCUT2D eigenvalue weighted by molar-refractivity contribution is 5.79. The molecule has 24 heavy (non-hydrogen) atoms. The van der Waals surface area contributed by atoms with Crippen molar-refractivity contribution in [1.29, 1.82) is 0 Å². The van der Waals surface area contributed by atoms with E-state index in [0.29, 0.717) is 39.3 Å². The van der Waals surface area contributed by atoms with Gasteiger partial charge in [-0.1, -0.05) is 0 Å². The van der Waals surface area contributed by atoms with E-state index in [1.807, 2.05) is 13.8 Å². The van der Waals surface area contributed by atoms with Crippen LogP contribution in [0, 0.1) is 0 Å². The van der Waals surface area contributed by atoms with Crippen molar-refractivity contribution in [3.05, 3.63) is 0 Å². The average molecular weight is 343 g/mol. The van der Waals surface area contributed by atoms with E-state index in [0.717, 1.165) is 17.7 Å². The van der Waals surface area contributed by atoms with Gasteiger partial charge in [-0.2, -0.15) is 0 Å². The van der Waals surface area contributed by atoms with Crippen LogP contribution in [0.1, 0.15) is 33.6 Å². The van der Waals surface area contributed by atoms with Crippen LogP contribution in [0.15, 0.2) is 0 Å². The molecule has 0 radical (unpaired) electrons. The smallest absolute Gasteiger partial charge is 0.409 e. The summed E-state index contributed by atoms with van der Waals surface area (Å²) < 4.78 is 4.98. The summed E-state index contributed by atoms with van der Waals surface area (Å²) in [5, 5.41) is 5.76. The van der Waals surface area contributed by atoms with Crippen molar-refractivity contribution in [3.63, 3.8) is 0 Å². The van der Waals surface area contributed by atoms with Gasteiger partial charge in [0.1, 0.15) is 0 Å². The first-order chi connectivity index (χ1) is 11.5. The number of rotatable bonds is 8. The molecule has 0 aromatic rings. The summed E-state index contributed by atoms with van der Waals surface area (Å²) >= 11 is 0. The summed E-state index contributed by atoms with van der Waals surface area (Å²) in [5.41, 5.74) is 0. The molecule has 1 aliphatic heterocycles. The first kappa shape index (κ1) is 20.2. The molecule has 3 N–H and O–H groups in total. The molecular formula is C16H31N4O4+. The third kappa shape index (κ3) is 7.16. The Morgan fingerprint density at radius 1 is 1.08 bits per heavy atom. The Bertz CT molecular complexity index is 422. The topological polar surface area (TPSA) is 92.2 Å². The number of carbonyl (C=O) groups is 3. The zero-order valence-electron chi connectivity index (χ0n) is 15.0. The van der Waals surface area contributed by atoms with Crippen LogP contribution in [0.25, 0.3) is 0 Å². The number of quaternary nitrogens is 1. The van der Waals surface area contributed by atoms with Crippen LogP contribution in [-0.4, -0.2) is 74.7 Å². The predicted octanol–water partition coefficient (Wildman–Crippen LogP) is -1.24. The largest absolute Gasteiger partial charge is 0.450 e. The van der Waals surface area contributed by atoms with Crippen molar-refractivity contribution in [1.82, 2.24) is 15.5 Å². The van der Waals surface area contributed by atoms with Crippen molar-refractivity contribution < 1.29 is 24.0 Å². The maximum Gasteiger partial charge on any atom is 0.409 e. The van der Waals surface area contributed by atoms with Gasteiger partial charge in [-0.15, -0.1) is 0 Å². The molecule has 0 spiro atoms. The lowest BCUT2D eigenvalue weighted by Crippen LogP contribution is -3.14. The highest BCUT2D eigenvalue weighted by atomic mass is 16.6. The molecule has 1 fully saturated rings. The lowest BCUT2D eigenvalue weighted by Gasteiger charge is -2.31. The van der Waals surface area contributed by atoms with Gasteiger partial charge < -0.3 is 25.2 Å².